The standard InChI is InChI=1S/C11H12BrN5O2/c1-5-16-10(17-19-5)4-15-9-2-6(11(14)18)8(13)3-7(9)12/h2-3,15H,4,13H2,1H3,(H2,14,18). The minimum atomic E-state index is -0.580. The minimum Gasteiger partial charge on any atom is -0.398 e. The number of amides is 1. The highest BCUT2D eigenvalue weighted by molar-refractivity contribution is 9.10. The van der Waals surface area contributed by atoms with Crippen LogP contribution in [-0.2, 0) is 6.54 Å². The maximum Gasteiger partial charge on any atom is 0.250 e. The number of hydrogen-bond acceptors (Lipinski definition) is 6. The molecule has 0 spiro atoms. The van der Waals surface area contributed by atoms with Crippen molar-refractivity contribution in [3.8, 4) is 0 Å². The summed E-state index contributed by atoms with van der Waals surface area (Å²) in [7, 11) is 0. The first-order valence-electron chi connectivity index (χ1n) is 5.39. The van der Waals surface area contributed by atoms with E-state index in [2.05, 4.69) is 31.4 Å². The number of nitrogen functional groups attached to an aromatic ring is 1. The van der Waals surface area contributed by atoms with Crippen LogP contribution in [0.25, 0.3) is 0 Å². The molecule has 0 unspecified atom stereocenters. The molecule has 1 aromatic carbocycles. The monoisotopic (exact) mass is 325 g/mol. The van der Waals surface area contributed by atoms with Crippen molar-refractivity contribution < 1.29 is 9.32 Å². The minimum absolute atomic E-state index is 0.259. The number of halogens is 1. The number of nitrogens with two attached hydrogens (primary N) is 2. The van der Waals surface area contributed by atoms with Gasteiger partial charge in [-0.05, 0) is 28.1 Å². The Bertz CT molecular complexity index is 626. The van der Waals surface area contributed by atoms with Crippen molar-refractivity contribution in [3.05, 3.63) is 33.9 Å². The Labute approximate surface area is 117 Å². The molecule has 1 amide bonds. The lowest BCUT2D eigenvalue weighted by Crippen LogP contribution is -2.14. The molecule has 1 heterocycles. The summed E-state index contributed by atoms with van der Waals surface area (Å²) in [5.74, 6) is 0.427. The highest BCUT2D eigenvalue weighted by atomic mass is 79.9. The number of anilines is 2. The summed E-state index contributed by atoms with van der Waals surface area (Å²) in [5, 5.41) is 6.83. The van der Waals surface area contributed by atoms with Crippen molar-refractivity contribution in [1.29, 1.82) is 0 Å². The molecule has 0 atom stereocenters. The molecule has 2 rings (SSSR count). The number of aromatic nitrogens is 2. The van der Waals surface area contributed by atoms with Gasteiger partial charge in [-0.1, -0.05) is 5.16 Å². The van der Waals surface area contributed by atoms with E-state index in [9.17, 15) is 4.79 Å². The molecule has 1 aromatic heterocycles. The maximum atomic E-state index is 11.2. The third-order valence-electron chi connectivity index (χ3n) is 2.41. The van der Waals surface area contributed by atoms with E-state index in [1.54, 1.807) is 19.1 Å². The second-order valence-electron chi connectivity index (χ2n) is 3.87. The molecule has 0 saturated carbocycles. The Morgan fingerprint density at radius 3 is 2.84 bits per heavy atom. The normalized spacial score (nSPS) is 10.4. The number of carbonyl (C=O) groups is 1. The van der Waals surface area contributed by atoms with Gasteiger partial charge in [0.2, 0.25) is 5.89 Å². The summed E-state index contributed by atoms with van der Waals surface area (Å²) in [6.07, 6.45) is 0. The van der Waals surface area contributed by atoms with Crippen molar-refractivity contribution >= 4 is 33.2 Å². The van der Waals surface area contributed by atoms with Gasteiger partial charge >= 0.3 is 0 Å². The first kappa shape index (κ1) is 13.3. The van der Waals surface area contributed by atoms with Gasteiger partial charge in [-0.25, -0.2) is 0 Å². The lowest BCUT2D eigenvalue weighted by molar-refractivity contribution is 0.100. The van der Waals surface area contributed by atoms with Gasteiger partial charge in [0.05, 0.1) is 12.1 Å². The van der Waals surface area contributed by atoms with Crippen LogP contribution in [0.4, 0.5) is 11.4 Å². The first-order chi connectivity index (χ1) is 8.97. The number of carbonyl (C=O) groups excluding carboxylic acids is 1. The summed E-state index contributed by atoms with van der Waals surface area (Å²) < 4.78 is 5.58. The summed E-state index contributed by atoms with van der Waals surface area (Å²) in [6.45, 7) is 2.07. The average Bonchev–Trinajstić information content (AvgIpc) is 2.73. The summed E-state index contributed by atoms with van der Waals surface area (Å²) >= 11 is 3.35. The molecule has 7 nitrogen and oxygen atoms in total. The number of benzene rings is 1. The van der Waals surface area contributed by atoms with Crippen molar-refractivity contribution in [2.45, 2.75) is 13.5 Å². The Kier molecular flexibility index (Phi) is 3.70. The molecule has 8 heteroatoms. The van der Waals surface area contributed by atoms with E-state index in [1.807, 2.05) is 0 Å². The van der Waals surface area contributed by atoms with E-state index in [0.717, 1.165) is 4.47 Å². The van der Waals surface area contributed by atoms with Gasteiger partial charge in [0.15, 0.2) is 5.82 Å². The van der Waals surface area contributed by atoms with Gasteiger partial charge in [0, 0.05) is 22.8 Å². The number of rotatable bonds is 4. The van der Waals surface area contributed by atoms with Crippen LogP contribution in [0.3, 0.4) is 0 Å². The number of aryl methyl sites for hydroxylation is 1. The summed E-state index contributed by atoms with van der Waals surface area (Å²) in [4.78, 5) is 15.3. The molecule has 0 saturated heterocycles. The molecule has 0 bridgehead atoms. The Hall–Kier alpha value is -2.09. The highest BCUT2D eigenvalue weighted by Gasteiger charge is 2.11. The number of nitrogens with one attached hydrogen (secondary N) is 1. The molecule has 2 aromatic rings. The number of primary amides is 1. The molecule has 0 radical (unpaired) electrons. The fourth-order valence-corrected chi connectivity index (χ4v) is 2.03. The van der Waals surface area contributed by atoms with Crippen LogP contribution >= 0.6 is 15.9 Å². The van der Waals surface area contributed by atoms with Crippen LogP contribution in [0.1, 0.15) is 22.1 Å². The zero-order valence-corrected chi connectivity index (χ0v) is 11.7. The number of hydrogen-bond donors (Lipinski definition) is 3. The molecule has 0 aliphatic heterocycles. The predicted octanol–water partition coefficient (Wildman–Crippen LogP) is 1.43. The molecular formula is C11H12BrN5O2. The van der Waals surface area contributed by atoms with Gasteiger partial charge in [-0.2, -0.15) is 4.98 Å². The molecule has 0 fully saturated rings. The van der Waals surface area contributed by atoms with Crippen LogP contribution in [0.5, 0.6) is 0 Å². The second-order valence-corrected chi connectivity index (χ2v) is 4.72. The second kappa shape index (κ2) is 5.27. The third kappa shape index (κ3) is 3.02. The van der Waals surface area contributed by atoms with E-state index in [-0.39, 0.29) is 5.56 Å². The van der Waals surface area contributed by atoms with Crippen LogP contribution in [0.15, 0.2) is 21.1 Å². The first-order valence-corrected chi connectivity index (χ1v) is 6.18. The smallest absolute Gasteiger partial charge is 0.250 e. The summed E-state index contributed by atoms with van der Waals surface area (Å²) in [5.41, 5.74) is 12.2. The predicted molar refractivity (Wildman–Crippen MR) is 73.4 cm³/mol. The van der Waals surface area contributed by atoms with Crippen molar-refractivity contribution in [2.75, 3.05) is 11.1 Å². The van der Waals surface area contributed by atoms with Gasteiger partial charge in [-0.3, -0.25) is 4.79 Å². The zero-order valence-electron chi connectivity index (χ0n) is 10.1. The van der Waals surface area contributed by atoms with Crippen LogP contribution in [0.2, 0.25) is 0 Å². The molecule has 0 aliphatic carbocycles. The van der Waals surface area contributed by atoms with Crippen molar-refractivity contribution in [1.82, 2.24) is 10.1 Å². The third-order valence-corrected chi connectivity index (χ3v) is 3.07. The molecule has 5 N–H and O–H groups in total. The van der Waals surface area contributed by atoms with Crippen LogP contribution in [-0.4, -0.2) is 16.0 Å². The molecule has 19 heavy (non-hydrogen) atoms. The van der Waals surface area contributed by atoms with E-state index in [1.165, 1.54) is 0 Å². The van der Waals surface area contributed by atoms with Crippen molar-refractivity contribution in [3.63, 3.8) is 0 Å². The van der Waals surface area contributed by atoms with Gasteiger partial charge in [-0.15, -0.1) is 0 Å². The van der Waals surface area contributed by atoms with E-state index < -0.39 is 5.91 Å². The van der Waals surface area contributed by atoms with Crippen molar-refractivity contribution in [2.24, 2.45) is 5.73 Å². The van der Waals surface area contributed by atoms with E-state index >= 15 is 0 Å². The molecule has 100 valence electrons. The van der Waals surface area contributed by atoms with Gasteiger partial charge in [0.1, 0.15) is 0 Å². The van der Waals surface area contributed by atoms with E-state index in [0.29, 0.717) is 29.6 Å². The zero-order chi connectivity index (χ0) is 14.0. The number of nitrogens with zero attached hydrogens (tertiary/aromatic N) is 2. The lowest BCUT2D eigenvalue weighted by Gasteiger charge is -2.10. The Balaban J connectivity index is 2.20. The fourth-order valence-electron chi connectivity index (χ4n) is 1.52. The Morgan fingerprint density at radius 2 is 2.26 bits per heavy atom. The Morgan fingerprint density at radius 1 is 1.53 bits per heavy atom. The SMILES string of the molecule is Cc1nc(CNc2cc(C(N)=O)c(N)cc2Br)no1. The maximum absolute atomic E-state index is 11.2. The van der Waals surface area contributed by atoms with E-state index in [4.69, 9.17) is 16.0 Å². The largest absolute Gasteiger partial charge is 0.398 e. The van der Waals surface area contributed by atoms with Gasteiger partial charge < -0.3 is 21.3 Å². The van der Waals surface area contributed by atoms with Crippen LogP contribution in [0, 0.1) is 6.92 Å². The molecular weight excluding hydrogens is 314 g/mol. The highest BCUT2D eigenvalue weighted by Crippen LogP contribution is 2.28. The van der Waals surface area contributed by atoms with Gasteiger partial charge in [0.25, 0.3) is 5.91 Å². The lowest BCUT2D eigenvalue weighted by atomic mass is 10.1. The summed E-state index contributed by atoms with van der Waals surface area (Å²) in [6, 6.07) is 3.19. The molecule has 0 aliphatic rings. The average molecular weight is 326 g/mol. The topological polar surface area (TPSA) is 120 Å². The fraction of sp³-hybridized carbons (Fsp3) is 0.182. The quantitative estimate of drug-likeness (QED) is 0.731. The van der Waals surface area contributed by atoms with Crippen LogP contribution < -0.4 is 16.8 Å².